The summed E-state index contributed by atoms with van der Waals surface area (Å²) < 4.78 is 26.5. The lowest BCUT2D eigenvalue weighted by molar-refractivity contribution is -0.139. The van der Waals surface area contributed by atoms with Gasteiger partial charge in [-0.05, 0) is 37.8 Å². The molecule has 5 nitrogen and oxygen atoms in total. The van der Waals surface area contributed by atoms with Gasteiger partial charge in [-0.25, -0.2) is 8.42 Å². The van der Waals surface area contributed by atoms with Crippen LogP contribution in [0.3, 0.4) is 0 Å². The fraction of sp³-hybridized carbons (Fsp3) is 0.500. The lowest BCUT2D eigenvalue weighted by Gasteiger charge is -2.37. The van der Waals surface area contributed by atoms with Crippen LogP contribution in [-0.4, -0.2) is 36.9 Å². The van der Waals surface area contributed by atoms with Gasteiger partial charge in [-0.2, -0.15) is 4.31 Å². The fourth-order valence-corrected chi connectivity index (χ4v) is 4.80. The molecule has 1 aromatic carbocycles. The van der Waals surface area contributed by atoms with Gasteiger partial charge in [0.1, 0.15) is 0 Å². The number of hydrogen-bond acceptors (Lipinski definition) is 3. The van der Waals surface area contributed by atoms with Gasteiger partial charge in [0.15, 0.2) is 0 Å². The van der Waals surface area contributed by atoms with Crippen molar-refractivity contribution in [1.82, 2.24) is 4.31 Å². The predicted octanol–water partition coefficient (Wildman–Crippen LogP) is 1.71. The number of aliphatic carboxylic acids is 1. The van der Waals surface area contributed by atoms with Crippen LogP contribution in [0.15, 0.2) is 17.0 Å². The van der Waals surface area contributed by atoms with Crippen LogP contribution < -0.4 is 0 Å². The maximum absolute atomic E-state index is 12.6. The Balaban J connectivity index is 2.23. The van der Waals surface area contributed by atoms with Gasteiger partial charge in [-0.15, -0.1) is 0 Å². The molecule has 1 fully saturated rings. The summed E-state index contributed by atoms with van der Waals surface area (Å²) >= 11 is 0. The Kier molecular flexibility index (Phi) is 3.88. The van der Waals surface area contributed by atoms with Crippen LogP contribution in [0.25, 0.3) is 0 Å². The summed E-state index contributed by atoms with van der Waals surface area (Å²) in [5.74, 6) is -0.955. The van der Waals surface area contributed by atoms with E-state index in [1.54, 1.807) is 13.8 Å². The standard InChI is InChI=1S/C14H19NO4S/c1-9-4-10(2)14(11(3)5-9)20(18,19)15-7-12(8-15)6-13(16)17/h4-5,12H,6-8H2,1-3H3,(H,16,17). The summed E-state index contributed by atoms with van der Waals surface area (Å²) in [4.78, 5) is 11.0. The predicted molar refractivity (Wildman–Crippen MR) is 75.2 cm³/mol. The van der Waals surface area contributed by atoms with E-state index in [1.165, 1.54) is 4.31 Å². The van der Waals surface area contributed by atoms with E-state index in [0.717, 1.165) is 16.7 Å². The Morgan fingerprint density at radius 2 is 1.75 bits per heavy atom. The molecule has 6 heteroatoms. The van der Waals surface area contributed by atoms with Crippen molar-refractivity contribution in [3.63, 3.8) is 0 Å². The highest BCUT2D eigenvalue weighted by Crippen LogP contribution is 2.31. The summed E-state index contributed by atoms with van der Waals surface area (Å²) in [7, 11) is -3.51. The molecule has 1 N–H and O–H groups in total. The number of rotatable bonds is 4. The zero-order valence-corrected chi connectivity index (χ0v) is 12.7. The fourth-order valence-electron chi connectivity index (χ4n) is 2.80. The molecule has 1 saturated heterocycles. The van der Waals surface area contributed by atoms with Gasteiger partial charge >= 0.3 is 5.97 Å². The molecule has 0 radical (unpaired) electrons. The van der Waals surface area contributed by atoms with Gasteiger partial charge in [-0.3, -0.25) is 4.79 Å². The Morgan fingerprint density at radius 3 is 2.20 bits per heavy atom. The number of hydrogen-bond donors (Lipinski definition) is 1. The molecule has 0 amide bonds. The van der Waals surface area contributed by atoms with Crippen molar-refractivity contribution < 1.29 is 18.3 Å². The SMILES string of the molecule is Cc1cc(C)c(S(=O)(=O)N2CC(CC(=O)O)C2)c(C)c1. The monoisotopic (exact) mass is 297 g/mol. The van der Waals surface area contributed by atoms with E-state index in [2.05, 4.69) is 0 Å². The molecule has 0 spiro atoms. The molecule has 1 aliphatic heterocycles. The Morgan fingerprint density at radius 1 is 1.25 bits per heavy atom. The number of benzene rings is 1. The molecule has 0 saturated carbocycles. The molecule has 0 aromatic heterocycles. The minimum absolute atomic E-state index is 0.0257. The van der Waals surface area contributed by atoms with Crippen molar-refractivity contribution in [2.75, 3.05) is 13.1 Å². The molecular formula is C14H19NO4S. The summed E-state index contributed by atoms with van der Waals surface area (Å²) in [5, 5.41) is 8.71. The van der Waals surface area contributed by atoms with E-state index in [0.29, 0.717) is 18.0 Å². The van der Waals surface area contributed by atoms with E-state index in [9.17, 15) is 13.2 Å². The van der Waals surface area contributed by atoms with Crippen LogP contribution in [0.5, 0.6) is 0 Å². The van der Waals surface area contributed by atoms with Crippen LogP contribution in [0.2, 0.25) is 0 Å². The van der Waals surface area contributed by atoms with E-state index >= 15 is 0 Å². The smallest absolute Gasteiger partial charge is 0.303 e. The Bertz CT molecular complexity index is 622. The van der Waals surface area contributed by atoms with Crippen molar-refractivity contribution in [1.29, 1.82) is 0 Å². The minimum atomic E-state index is -3.51. The molecule has 1 aromatic rings. The number of carbonyl (C=O) groups is 1. The molecule has 1 heterocycles. The quantitative estimate of drug-likeness (QED) is 0.918. The molecule has 110 valence electrons. The Labute approximate surface area is 119 Å². The average molecular weight is 297 g/mol. The number of carboxylic acid groups (broad SMARTS) is 1. The summed E-state index contributed by atoms with van der Waals surface area (Å²) in [6, 6.07) is 3.71. The van der Waals surface area contributed by atoms with Crippen LogP contribution in [-0.2, 0) is 14.8 Å². The highest BCUT2D eigenvalue weighted by molar-refractivity contribution is 7.89. The van der Waals surface area contributed by atoms with Crippen LogP contribution >= 0.6 is 0 Å². The lowest BCUT2D eigenvalue weighted by atomic mass is 10.00. The third kappa shape index (κ3) is 2.71. The summed E-state index contributed by atoms with van der Waals surface area (Å²) in [6.45, 7) is 6.11. The lowest BCUT2D eigenvalue weighted by Crippen LogP contribution is -2.50. The second kappa shape index (κ2) is 5.18. The number of carboxylic acids is 1. The molecular weight excluding hydrogens is 278 g/mol. The maximum Gasteiger partial charge on any atom is 0.303 e. The van der Waals surface area contributed by atoms with E-state index in [4.69, 9.17) is 5.11 Å². The highest BCUT2D eigenvalue weighted by atomic mass is 32.2. The molecule has 1 aliphatic rings. The highest BCUT2D eigenvalue weighted by Gasteiger charge is 2.38. The van der Waals surface area contributed by atoms with Crippen molar-refractivity contribution in [2.24, 2.45) is 5.92 Å². The third-order valence-corrected chi connectivity index (χ3v) is 5.73. The normalized spacial score (nSPS) is 16.9. The second-order valence-corrected chi connectivity index (χ2v) is 7.39. The molecule has 2 rings (SSSR count). The van der Waals surface area contributed by atoms with Gasteiger partial charge in [0.2, 0.25) is 10.0 Å². The molecule has 0 aliphatic carbocycles. The van der Waals surface area contributed by atoms with E-state index in [-0.39, 0.29) is 12.3 Å². The molecule has 0 atom stereocenters. The number of aryl methyl sites for hydroxylation is 3. The van der Waals surface area contributed by atoms with Crippen LogP contribution in [0.1, 0.15) is 23.1 Å². The summed E-state index contributed by atoms with van der Waals surface area (Å²) in [5.41, 5.74) is 2.51. The topological polar surface area (TPSA) is 74.7 Å². The largest absolute Gasteiger partial charge is 0.481 e. The first-order valence-electron chi connectivity index (χ1n) is 6.51. The van der Waals surface area contributed by atoms with Gasteiger partial charge < -0.3 is 5.11 Å². The van der Waals surface area contributed by atoms with Crippen molar-refractivity contribution in [3.05, 3.63) is 28.8 Å². The number of nitrogens with zero attached hydrogens (tertiary/aromatic N) is 1. The first-order valence-corrected chi connectivity index (χ1v) is 7.95. The van der Waals surface area contributed by atoms with Crippen molar-refractivity contribution in [3.8, 4) is 0 Å². The zero-order chi connectivity index (χ0) is 15.1. The van der Waals surface area contributed by atoms with Crippen LogP contribution in [0.4, 0.5) is 0 Å². The minimum Gasteiger partial charge on any atom is -0.481 e. The summed E-state index contributed by atoms with van der Waals surface area (Å²) in [6.07, 6.45) is 0.0257. The van der Waals surface area contributed by atoms with E-state index in [1.807, 2.05) is 19.1 Å². The van der Waals surface area contributed by atoms with Gasteiger partial charge in [0.05, 0.1) is 11.3 Å². The zero-order valence-electron chi connectivity index (χ0n) is 11.9. The molecule has 0 unspecified atom stereocenters. The maximum atomic E-state index is 12.6. The van der Waals surface area contributed by atoms with Crippen molar-refractivity contribution in [2.45, 2.75) is 32.1 Å². The second-order valence-electron chi connectivity index (χ2n) is 5.51. The first-order chi connectivity index (χ1) is 9.21. The van der Waals surface area contributed by atoms with E-state index < -0.39 is 16.0 Å². The molecule has 0 bridgehead atoms. The third-order valence-electron chi connectivity index (χ3n) is 3.59. The van der Waals surface area contributed by atoms with Gasteiger partial charge in [0.25, 0.3) is 0 Å². The average Bonchev–Trinajstić information content (AvgIpc) is 2.19. The van der Waals surface area contributed by atoms with Crippen LogP contribution in [0, 0.1) is 26.7 Å². The van der Waals surface area contributed by atoms with Gasteiger partial charge in [-0.1, -0.05) is 17.7 Å². The first kappa shape index (κ1) is 15.0. The van der Waals surface area contributed by atoms with Crippen molar-refractivity contribution >= 4 is 16.0 Å². The number of sulfonamides is 1. The Hall–Kier alpha value is -1.40. The van der Waals surface area contributed by atoms with Gasteiger partial charge in [0, 0.05) is 13.1 Å². The molecule has 20 heavy (non-hydrogen) atoms.